The molecule has 0 rings (SSSR count). The zero-order valence-corrected chi connectivity index (χ0v) is 5.44. The fraction of sp³-hybridized carbons (Fsp3) is 1.00. The van der Waals surface area contributed by atoms with Gasteiger partial charge in [0, 0.05) is 17.9 Å². The lowest BCUT2D eigenvalue weighted by atomic mass is 11.0. The number of rotatable bonds is 3. The van der Waals surface area contributed by atoms with Crippen LogP contribution in [0.5, 0.6) is 0 Å². The van der Waals surface area contributed by atoms with Crippen molar-refractivity contribution in [1.29, 1.82) is 0 Å². The van der Waals surface area contributed by atoms with E-state index >= 15 is 0 Å². The summed E-state index contributed by atoms with van der Waals surface area (Å²) in [6, 6.07) is 0. The third kappa shape index (κ3) is 6.16. The van der Waals surface area contributed by atoms with Crippen molar-refractivity contribution >= 4 is 22.4 Å². The van der Waals surface area contributed by atoms with E-state index in [1.54, 1.807) is 0 Å². The van der Waals surface area contributed by atoms with Gasteiger partial charge in [0.15, 0.2) is 0 Å². The molecule has 0 aromatic heterocycles. The van der Waals surface area contributed by atoms with Crippen molar-refractivity contribution in [3.05, 3.63) is 0 Å². The molecule has 0 spiro atoms. The van der Waals surface area contributed by atoms with Crippen molar-refractivity contribution < 1.29 is 16.2 Å². The molecule has 0 saturated carbocycles. The van der Waals surface area contributed by atoms with Crippen molar-refractivity contribution in [2.24, 2.45) is 0 Å². The first-order chi connectivity index (χ1) is 3.56. The predicted octanol–water partition coefficient (Wildman–Crippen LogP) is 0.903. The lowest BCUT2D eigenvalue weighted by Crippen LogP contribution is -1.99. The summed E-state index contributed by atoms with van der Waals surface area (Å²) in [5, 5.41) is 0. The Kier molecular flexibility index (Phi) is 3.30. The molecule has 0 N–H and O–H groups in total. The van der Waals surface area contributed by atoms with Crippen LogP contribution in [0.2, 0.25) is 0 Å². The largest absolute Gasteiger partial charge is 0.303 e. The quantitative estimate of drug-likeness (QED) is 0.578. The molecule has 0 atom stereocenters. The van der Waals surface area contributed by atoms with Crippen LogP contribution in [-0.2, 0) is 10.2 Å². The highest BCUT2D eigenvalue weighted by Gasteiger charge is 2.05. The van der Waals surface area contributed by atoms with Gasteiger partial charge in [-0.15, -0.1) is 3.89 Å². The van der Waals surface area contributed by atoms with Crippen molar-refractivity contribution in [2.45, 2.75) is 0 Å². The van der Waals surface area contributed by atoms with E-state index in [0.29, 0.717) is 0 Å². The standard InChI is InChI=1S/C2H4F2O2S2/c3-7-1-2-8(4,5)6/h1-2H2. The Morgan fingerprint density at radius 3 is 2.12 bits per heavy atom. The second-order valence-corrected chi connectivity index (χ2v) is 3.17. The van der Waals surface area contributed by atoms with Crippen molar-refractivity contribution in [3.63, 3.8) is 0 Å². The Bertz CT molecular complexity index is 140. The summed E-state index contributed by atoms with van der Waals surface area (Å²) in [6.07, 6.45) is 0. The molecule has 0 aromatic carbocycles. The molecule has 0 radical (unpaired) electrons. The van der Waals surface area contributed by atoms with Crippen LogP contribution in [0.4, 0.5) is 7.77 Å². The number of hydrogen-bond donors (Lipinski definition) is 0. The smallest absolute Gasteiger partial charge is 0.195 e. The van der Waals surface area contributed by atoms with Gasteiger partial charge in [0.05, 0.1) is 5.75 Å². The van der Waals surface area contributed by atoms with Gasteiger partial charge in [0.25, 0.3) is 0 Å². The van der Waals surface area contributed by atoms with Crippen LogP contribution in [0.3, 0.4) is 0 Å². The van der Waals surface area contributed by atoms with Gasteiger partial charge in [-0.2, -0.15) is 12.3 Å². The molecule has 0 saturated heterocycles. The van der Waals surface area contributed by atoms with E-state index in [4.69, 9.17) is 0 Å². The van der Waals surface area contributed by atoms with Crippen LogP contribution in [0, 0.1) is 0 Å². The van der Waals surface area contributed by atoms with Crippen molar-refractivity contribution in [1.82, 2.24) is 0 Å². The van der Waals surface area contributed by atoms with Crippen LogP contribution in [-0.4, -0.2) is 19.9 Å². The summed E-state index contributed by atoms with van der Waals surface area (Å²) in [5.74, 6) is -1.08. The summed E-state index contributed by atoms with van der Waals surface area (Å²) < 4.78 is 41.5. The van der Waals surface area contributed by atoms with Gasteiger partial charge in [-0.25, -0.2) is 0 Å². The highest BCUT2D eigenvalue weighted by molar-refractivity contribution is 7.95. The van der Waals surface area contributed by atoms with E-state index in [-0.39, 0.29) is 17.9 Å². The SMILES string of the molecule is O=S(=O)(F)CCSF. The molecule has 0 amide bonds. The summed E-state index contributed by atoms with van der Waals surface area (Å²) in [7, 11) is -4.45. The molecule has 6 heteroatoms. The minimum absolute atomic E-state index is 0.191. The van der Waals surface area contributed by atoms with Crippen molar-refractivity contribution in [2.75, 3.05) is 11.5 Å². The van der Waals surface area contributed by atoms with E-state index in [2.05, 4.69) is 0 Å². The molecule has 0 bridgehead atoms. The Morgan fingerprint density at radius 2 is 2.00 bits per heavy atom. The predicted molar refractivity (Wildman–Crippen MR) is 28.5 cm³/mol. The van der Waals surface area contributed by atoms with Crippen LogP contribution in [0.15, 0.2) is 0 Å². The van der Waals surface area contributed by atoms with Gasteiger partial charge in [-0.05, 0) is 0 Å². The molecule has 2 nitrogen and oxygen atoms in total. The first kappa shape index (κ1) is 8.16. The van der Waals surface area contributed by atoms with Crippen LogP contribution >= 0.6 is 12.1 Å². The number of hydrogen-bond acceptors (Lipinski definition) is 3. The first-order valence-electron chi connectivity index (χ1n) is 1.72. The van der Waals surface area contributed by atoms with Gasteiger partial charge in [-0.3, -0.25) is 0 Å². The lowest BCUT2D eigenvalue weighted by Gasteiger charge is -1.84. The van der Waals surface area contributed by atoms with Crippen LogP contribution < -0.4 is 0 Å². The third-order valence-corrected chi connectivity index (χ3v) is 1.71. The fourth-order valence-corrected chi connectivity index (χ4v) is 1.18. The number of halogens is 2. The zero-order valence-electron chi connectivity index (χ0n) is 3.80. The molecular formula is C2H4F2O2S2. The van der Waals surface area contributed by atoms with E-state index in [1.807, 2.05) is 0 Å². The molecule has 0 aromatic rings. The van der Waals surface area contributed by atoms with Gasteiger partial charge >= 0.3 is 10.2 Å². The maximum atomic E-state index is 11.4. The maximum absolute atomic E-state index is 11.4. The molecule has 0 aliphatic rings. The lowest BCUT2D eigenvalue weighted by molar-refractivity contribution is 0.554. The van der Waals surface area contributed by atoms with E-state index in [9.17, 15) is 16.2 Å². The maximum Gasteiger partial charge on any atom is 0.303 e. The Labute approximate surface area is 50.8 Å². The van der Waals surface area contributed by atoms with Crippen LogP contribution in [0.25, 0.3) is 0 Å². The van der Waals surface area contributed by atoms with E-state index in [1.165, 1.54) is 0 Å². The van der Waals surface area contributed by atoms with Crippen LogP contribution in [0.1, 0.15) is 0 Å². The van der Waals surface area contributed by atoms with Crippen molar-refractivity contribution in [3.8, 4) is 0 Å². The van der Waals surface area contributed by atoms with E-state index < -0.39 is 16.0 Å². The Morgan fingerprint density at radius 1 is 1.50 bits per heavy atom. The second-order valence-electron chi connectivity index (χ2n) is 1.06. The molecule has 8 heavy (non-hydrogen) atoms. The average molecular weight is 162 g/mol. The Balaban J connectivity index is 3.42. The molecule has 0 unspecified atom stereocenters. The minimum Gasteiger partial charge on any atom is -0.195 e. The van der Waals surface area contributed by atoms with E-state index in [0.717, 1.165) is 0 Å². The normalized spacial score (nSPS) is 11.8. The molecule has 0 aliphatic heterocycles. The first-order valence-corrected chi connectivity index (χ1v) is 4.16. The summed E-state index contributed by atoms with van der Waals surface area (Å²) in [5.41, 5.74) is 0. The topological polar surface area (TPSA) is 34.1 Å². The molecule has 50 valence electrons. The second kappa shape index (κ2) is 3.24. The summed E-state index contributed by atoms with van der Waals surface area (Å²) >= 11 is -0.191. The molecule has 0 aliphatic carbocycles. The summed E-state index contributed by atoms with van der Waals surface area (Å²) in [6.45, 7) is 0. The fourth-order valence-electron chi connectivity index (χ4n) is 0.131. The van der Waals surface area contributed by atoms with Gasteiger partial charge in [-0.1, -0.05) is 0 Å². The molecule has 0 heterocycles. The summed E-state index contributed by atoms with van der Waals surface area (Å²) in [4.78, 5) is 0. The third-order valence-electron chi connectivity index (χ3n) is 0.404. The minimum atomic E-state index is -4.45. The molecule has 0 fully saturated rings. The monoisotopic (exact) mass is 162 g/mol. The van der Waals surface area contributed by atoms with Gasteiger partial charge in [0.2, 0.25) is 0 Å². The Hall–Kier alpha value is 0.160. The molecular weight excluding hydrogens is 158 g/mol. The van der Waals surface area contributed by atoms with Gasteiger partial charge in [0.1, 0.15) is 0 Å². The highest BCUT2D eigenvalue weighted by atomic mass is 32.3. The van der Waals surface area contributed by atoms with Gasteiger partial charge < -0.3 is 0 Å². The highest BCUT2D eigenvalue weighted by Crippen LogP contribution is 2.02. The zero-order chi connectivity index (χ0) is 6.62. The average Bonchev–Trinajstić information content (AvgIpc) is 1.59.